The Morgan fingerprint density at radius 1 is 1.26 bits per heavy atom. The molecular weight excluding hydrogens is 248 g/mol. The monoisotopic (exact) mass is 272 g/mol. The van der Waals surface area contributed by atoms with Gasteiger partial charge in [-0.3, -0.25) is 0 Å². The van der Waals surface area contributed by atoms with Crippen LogP contribution in [0.5, 0.6) is 0 Å². The molecule has 3 atom stereocenters. The van der Waals surface area contributed by atoms with Crippen molar-refractivity contribution in [1.29, 1.82) is 0 Å². The fourth-order valence-electron chi connectivity index (χ4n) is 3.18. The topological polar surface area (TPSA) is 76.0 Å². The lowest BCUT2D eigenvalue weighted by Gasteiger charge is -2.36. The van der Waals surface area contributed by atoms with Gasteiger partial charge in [0.1, 0.15) is 0 Å². The predicted octanol–water partition coefficient (Wildman–Crippen LogP) is 2.40. The highest BCUT2D eigenvalue weighted by atomic mass is 16.9. The largest absolute Gasteiger partial charge is 0.513 e. The summed E-state index contributed by atoms with van der Waals surface area (Å²) in [6.07, 6.45) is 3.81. The van der Waals surface area contributed by atoms with Crippen LogP contribution in [0.2, 0.25) is 0 Å². The van der Waals surface area contributed by atoms with Crippen LogP contribution in [0.3, 0.4) is 0 Å². The molecule has 19 heavy (non-hydrogen) atoms. The van der Waals surface area contributed by atoms with Crippen LogP contribution in [0.25, 0.3) is 0 Å². The lowest BCUT2D eigenvalue weighted by atomic mass is 9.74. The van der Waals surface area contributed by atoms with Crippen molar-refractivity contribution in [3.05, 3.63) is 0 Å². The van der Waals surface area contributed by atoms with Gasteiger partial charge in [-0.15, -0.1) is 0 Å². The van der Waals surface area contributed by atoms with E-state index in [1.807, 2.05) is 6.92 Å². The molecule has 0 spiro atoms. The van der Waals surface area contributed by atoms with Gasteiger partial charge in [-0.1, -0.05) is 26.7 Å². The van der Waals surface area contributed by atoms with Gasteiger partial charge in [-0.25, -0.2) is 4.79 Å². The highest BCUT2D eigenvalue weighted by Gasteiger charge is 2.60. The number of hydrogen-bond acceptors (Lipinski definition) is 5. The van der Waals surface area contributed by atoms with Crippen LogP contribution in [0.15, 0.2) is 0 Å². The molecule has 0 aromatic heterocycles. The van der Waals surface area contributed by atoms with E-state index in [2.05, 4.69) is 11.7 Å². The molecule has 3 unspecified atom stereocenters. The molecule has 2 aliphatic rings. The maximum absolute atomic E-state index is 11.1. The predicted molar refractivity (Wildman–Crippen MR) is 68.0 cm³/mol. The van der Waals surface area contributed by atoms with Gasteiger partial charge in [0.2, 0.25) is 0 Å². The Balaban J connectivity index is 1.98. The third-order valence-electron chi connectivity index (χ3n) is 4.72. The Kier molecular flexibility index (Phi) is 3.80. The zero-order chi connectivity index (χ0) is 14.3. The van der Waals surface area contributed by atoms with Crippen LogP contribution in [-0.4, -0.2) is 27.9 Å². The third-order valence-corrected chi connectivity index (χ3v) is 4.72. The van der Waals surface area contributed by atoms with Crippen LogP contribution in [-0.2, 0) is 9.47 Å². The summed E-state index contributed by atoms with van der Waals surface area (Å²) in [5.74, 6) is -2.48. The zero-order valence-corrected chi connectivity index (χ0v) is 11.9. The lowest BCUT2D eigenvalue weighted by molar-refractivity contribution is -0.292. The number of ether oxygens (including phenoxy) is 2. The summed E-state index contributed by atoms with van der Waals surface area (Å²) in [6.45, 7) is 5.54. The van der Waals surface area contributed by atoms with E-state index in [-0.39, 0.29) is 12.3 Å². The number of cyclic esters (lactones) is 2. The molecule has 0 aromatic carbocycles. The van der Waals surface area contributed by atoms with Crippen LogP contribution >= 0.6 is 0 Å². The number of aliphatic hydroxyl groups is 2. The molecule has 2 fully saturated rings. The zero-order valence-electron chi connectivity index (χ0n) is 11.9. The van der Waals surface area contributed by atoms with Gasteiger partial charge in [0, 0.05) is 13.3 Å². The normalized spacial score (nSPS) is 44.6. The minimum absolute atomic E-state index is 0.165. The second-order valence-corrected chi connectivity index (χ2v) is 6.42. The van der Waals surface area contributed by atoms with Gasteiger partial charge in [0.05, 0.1) is 0 Å². The Morgan fingerprint density at radius 2 is 1.84 bits per heavy atom. The molecule has 1 aliphatic carbocycles. The Hall–Kier alpha value is -0.810. The molecule has 0 radical (unpaired) electrons. The number of rotatable bonds is 3. The summed E-state index contributed by atoms with van der Waals surface area (Å²) in [4.78, 5) is 11.1. The van der Waals surface area contributed by atoms with Gasteiger partial charge < -0.3 is 19.7 Å². The molecule has 5 nitrogen and oxygen atoms in total. The minimum atomic E-state index is -1.97. The number of hydrogen-bond donors (Lipinski definition) is 2. The van der Waals surface area contributed by atoms with E-state index < -0.39 is 17.7 Å². The van der Waals surface area contributed by atoms with E-state index >= 15 is 0 Å². The van der Waals surface area contributed by atoms with E-state index in [9.17, 15) is 15.0 Å². The average Bonchev–Trinajstić information content (AvgIpc) is 2.47. The molecule has 5 heteroatoms. The number of carbonyl (C=O) groups excluding carboxylic acids is 1. The van der Waals surface area contributed by atoms with Crippen LogP contribution in [0.4, 0.5) is 4.79 Å². The quantitative estimate of drug-likeness (QED) is 0.771. The first kappa shape index (κ1) is 14.6. The molecule has 1 aliphatic heterocycles. The van der Waals surface area contributed by atoms with Crippen molar-refractivity contribution in [2.75, 3.05) is 0 Å². The Bertz CT molecular complexity index is 346. The lowest BCUT2D eigenvalue weighted by Crippen LogP contribution is -2.51. The van der Waals surface area contributed by atoms with Crippen LogP contribution in [0, 0.1) is 17.8 Å². The van der Waals surface area contributed by atoms with Crippen molar-refractivity contribution in [1.82, 2.24) is 0 Å². The summed E-state index contributed by atoms with van der Waals surface area (Å²) in [5, 5.41) is 20.3. The van der Waals surface area contributed by atoms with Crippen LogP contribution < -0.4 is 0 Å². The summed E-state index contributed by atoms with van der Waals surface area (Å²) in [7, 11) is 0. The molecule has 1 saturated heterocycles. The molecule has 1 saturated carbocycles. The van der Waals surface area contributed by atoms with Crippen LogP contribution in [0.1, 0.15) is 52.9 Å². The van der Waals surface area contributed by atoms with E-state index in [0.29, 0.717) is 5.92 Å². The highest BCUT2D eigenvalue weighted by Crippen LogP contribution is 2.42. The Morgan fingerprint density at radius 3 is 2.32 bits per heavy atom. The van der Waals surface area contributed by atoms with Crippen molar-refractivity contribution in [3.63, 3.8) is 0 Å². The summed E-state index contributed by atoms with van der Waals surface area (Å²) < 4.78 is 9.41. The first-order valence-corrected chi connectivity index (χ1v) is 7.10. The molecule has 0 aromatic rings. The van der Waals surface area contributed by atoms with Crippen molar-refractivity contribution >= 4 is 6.16 Å². The Labute approximate surface area is 113 Å². The second-order valence-electron chi connectivity index (χ2n) is 6.42. The highest BCUT2D eigenvalue weighted by molar-refractivity contribution is 5.63. The van der Waals surface area contributed by atoms with Gasteiger partial charge >= 0.3 is 6.16 Å². The average molecular weight is 272 g/mol. The van der Waals surface area contributed by atoms with Crippen molar-refractivity contribution < 1.29 is 24.5 Å². The summed E-state index contributed by atoms with van der Waals surface area (Å²) in [6, 6.07) is 0. The smallest absolute Gasteiger partial charge is 0.395 e. The van der Waals surface area contributed by atoms with E-state index in [1.54, 1.807) is 0 Å². The summed E-state index contributed by atoms with van der Waals surface area (Å²) in [5.41, 5.74) is 0. The van der Waals surface area contributed by atoms with E-state index in [1.165, 1.54) is 19.8 Å². The maximum atomic E-state index is 11.1. The van der Waals surface area contributed by atoms with E-state index in [0.717, 1.165) is 18.8 Å². The standard InChI is InChI=1S/C14H24O5/c1-9-4-6-11(7-5-9)10(2)8-14(17)13(3,16)18-12(15)19-14/h9-11,16-17H,4-8H2,1-3H3. The molecule has 0 amide bonds. The molecule has 0 bridgehead atoms. The first-order chi connectivity index (χ1) is 8.73. The van der Waals surface area contributed by atoms with Crippen molar-refractivity contribution in [2.24, 2.45) is 17.8 Å². The third kappa shape index (κ3) is 2.87. The van der Waals surface area contributed by atoms with Gasteiger partial charge in [0.15, 0.2) is 0 Å². The minimum Gasteiger partial charge on any atom is -0.395 e. The molecular formula is C14H24O5. The van der Waals surface area contributed by atoms with Gasteiger partial charge in [0.25, 0.3) is 11.6 Å². The van der Waals surface area contributed by atoms with E-state index in [4.69, 9.17) is 4.74 Å². The van der Waals surface area contributed by atoms with Crippen molar-refractivity contribution in [3.8, 4) is 0 Å². The number of carbonyl (C=O) groups is 1. The molecule has 2 rings (SSSR count). The first-order valence-electron chi connectivity index (χ1n) is 7.10. The maximum Gasteiger partial charge on any atom is 0.513 e. The molecule has 1 heterocycles. The second kappa shape index (κ2) is 4.94. The SMILES string of the molecule is CC1CCC(C(C)CC2(O)OC(=O)OC2(C)O)CC1. The van der Waals surface area contributed by atoms with Crippen molar-refractivity contribution in [2.45, 2.75) is 64.4 Å². The molecule has 2 N–H and O–H groups in total. The fraction of sp³-hybridized carbons (Fsp3) is 0.929. The van der Waals surface area contributed by atoms with Gasteiger partial charge in [-0.2, -0.15) is 0 Å². The fourth-order valence-corrected chi connectivity index (χ4v) is 3.18. The van der Waals surface area contributed by atoms with Gasteiger partial charge in [-0.05, 0) is 30.6 Å². The summed E-state index contributed by atoms with van der Waals surface area (Å²) >= 11 is 0. The molecule has 110 valence electrons.